The fourth-order valence-corrected chi connectivity index (χ4v) is 1.73. The molecule has 0 amide bonds. The Morgan fingerprint density at radius 1 is 1.47 bits per heavy atom. The molecule has 1 atom stereocenters. The molecule has 0 heterocycles. The quantitative estimate of drug-likeness (QED) is 0.857. The van der Waals surface area contributed by atoms with Crippen molar-refractivity contribution in [3.63, 3.8) is 0 Å². The van der Waals surface area contributed by atoms with Crippen LogP contribution in [0.25, 0.3) is 0 Å². The minimum atomic E-state index is -0.207. The molecule has 1 unspecified atom stereocenters. The molecule has 17 heavy (non-hydrogen) atoms. The van der Waals surface area contributed by atoms with E-state index in [0.717, 1.165) is 17.8 Å². The van der Waals surface area contributed by atoms with E-state index < -0.39 is 0 Å². The number of anilines is 1. The summed E-state index contributed by atoms with van der Waals surface area (Å²) in [5.74, 6) is -0.207. The molecule has 2 N–H and O–H groups in total. The van der Waals surface area contributed by atoms with Crippen molar-refractivity contribution in [3.05, 3.63) is 29.1 Å². The number of hydrogen-bond acceptors (Lipinski definition) is 3. The summed E-state index contributed by atoms with van der Waals surface area (Å²) < 4.78 is 18.6. The van der Waals surface area contributed by atoms with Crippen molar-refractivity contribution >= 4 is 5.69 Å². The second-order valence-corrected chi connectivity index (χ2v) is 4.36. The first-order valence-electron chi connectivity index (χ1n) is 5.73. The van der Waals surface area contributed by atoms with Gasteiger partial charge in [0.2, 0.25) is 0 Å². The molecular weight excluding hydrogens is 219 g/mol. The minimum absolute atomic E-state index is 0.190. The number of benzene rings is 1. The van der Waals surface area contributed by atoms with Crippen molar-refractivity contribution < 1.29 is 9.13 Å². The highest BCUT2D eigenvalue weighted by molar-refractivity contribution is 5.56. The van der Waals surface area contributed by atoms with Gasteiger partial charge in [-0.05, 0) is 37.1 Å². The lowest BCUT2D eigenvalue weighted by molar-refractivity contribution is 0.206. The van der Waals surface area contributed by atoms with Crippen LogP contribution in [0, 0.1) is 12.7 Å². The second-order valence-electron chi connectivity index (χ2n) is 4.36. The minimum Gasteiger partial charge on any atom is -0.383 e. The van der Waals surface area contributed by atoms with Crippen LogP contribution in [-0.2, 0) is 4.74 Å². The number of ether oxygens (including phenoxy) is 1. The van der Waals surface area contributed by atoms with Gasteiger partial charge in [-0.2, -0.15) is 0 Å². The molecule has 0 bridgehead atoms. The van der Waals surface area contributed by atoms with Crippen LogP contribution in [0.5, 0.6) is 0 Å². The van der Waals surface area contributed by atoms with Gasteiger partial charge in [0, 0.05) is 32.4 Å². The van der Waals surface area contributed by atoms with Gasteiger partial charge in [-0.15, -0.1) is 0 Å². The molecule has 1 aromatic carbocycles. The zero-order valence-corrected chi connectivity index (χ0v) is 11.0. The van der Waals surface area contributed by atoms with Gasteiger partial charge >= 0.3 is 0 Å². The first-order chi connectivity index (χ1) is 7.97. The molecule has 0 radical (unpaired) electrons. The SMILES string of the molecule is COCCN(C)c1cc(C)c(F)cc1C(C)N. The maximum Gasteiger partial charge on any atom is 0.126 e. The molecule has 0 aliphatic rings. The Bertz CT molecular complexity index is 380. The Morgan fingerprint density at radius 3 is 2.65 bits per heavy atom. The number of nitrogens with two attached hydrogens (primary N) is 1. The first kappa shape index (κ1) is 13.9. The van der Waals surface area contributed by atoms with Crippen molar-refractivity contribution in [1.82, 2.24) is 0 Å². The van der Waals surface area contributed by atoms with Gasteiger partial charge in [0.25, 0.3) is 0 Å². The molecule has 0 spiro atoms. The summed E-state index contributed by atoms with van der Waals surface area (Å²) in [6, 6.07) is 3.17. The highest BCUT2D eigenvalue weighted by Crippen LogP contribution is 2.27. The van der Waals surface area contributed by atoms with Crippen LogP contribution in [0.3, 0.4) is 0 Å². The van der Waals surface area contributed by atoms with Crippen molar-refractivity contribution in [3.8, 4) is 0 Å². The van der Waals surface area contributed by atoms with E-state index >= 15 is 0 Å². The maximum absolute atomic E-state index is 13.5. The molecule has 0 saturated carbocycles. The Labute approximate surface area is 102 Å². The van der Waals surface area contributed by atoms with Gasteiger partial charge in [-0.1, -0.05) is 0 Å². The molecule has 0 aliphatic heterocycles. The fourth-order valence-electron chi connectivity index (χ4n) is 1.73. The highest BCUT2D eigenvalue weighted by Gasteiger charge is 2.13. The zero-order valence-electron chi connectivity index (χ0n) is 11.0. The summed E-state index contributed by atoms with van der Waals surface area (Å²) in [5.41, 5.74) is 8.30. The highest BCUT2D eigenvalue weighted by atomic mass is 19.1. The third-order valence-corrected chi connectivity index (χ3v) is 2.84. The largest absolute Gasteiger partial charge is 0.383 e. The van der Waals surface area contributed by atoms with Crippen LogP contribution in [0.2, 0.25) is 0 Å². The number of nitrogens with zero attached hydrogens (tertiary/aromatic N) is 1. The van der Waals surface area contributed by atoms with Crippen molar-refractivity contribution in [1.29, 1.82) is 0 Å². The predicted octanol–water partition coefficient (Wildman–Crippen LogP) is 2.24. The van der Waals surface area contributed by atoms with E-state index in [1.54, 1.807) is 14.0 Å². The molecule has 1 rings (SSSR count). The van der Waals surface area contributed by atoms with Gasteiger partial charge < -0.3 is 15.4 Å². The van der Waals surface area contributed by atoms with Crippen LogP contribution < -0.4 is 10.6 Å². The molecule has 0 fully saturated rings. The molecular formula is C13H21FN2O. The Morgan fingerprint density at radius 2 is 2.12 bits per heavy atom. The normalized spacial score (nSPS) is 12.6. The van der Waals surface area contributed by atoms with Gasteiger partial charge in [-0.3, -0.25) is 0 Å². The van der Waals surface area contributed by atoms with Crippen LogP contribution in [0.1, 0.15) is 24.1 Å². The first-order valence-corrected chi connectivity index (χ1v) is 5.73. The summed E-state index contributed by atoms with van der Waals surface area (Å²) in [6.07, 6.45) is 0. The van der Waals surface area contributed by atoms with E-state index in [2.05, 4.69) is 0 Å². The van der Waals surface area contributed by atoms with Crippen molar-refractivity contribution in [2.75, 3.05) is 32.2 Å². The van der Waals surface area contributed by atoms with Crippen molar-refractivity contribution in [2.45, 2.75) is 19.9 Å². The fraction of sp³-hybridized carbons (Fsp3) is 0.538. The number of rotatable bonds is 5. The van der Waals surface area contributed by atoms with Crippen LogP contribution in [-0.4, -0.2) is 27.3 Å². The summed E-state index contributed by atoms with van der Waals surface area (Å²) in [6.45, 7) is 5.00. The predicted molar refractivity (Wildman–Crippen MR) is 68.9 cm³/mol. The third-order valence-electron chi connectivity index (χ3n) is 2.84. The van der Waals surface area contributed by atoms with Crippen LogP contribution in [0.15, 0.2) is 12.1 Å². The monoisotopic (exact) mass is 240 g/mol. The van der Waals surface area contributed by atoms with Crippen molar-refractivity contribution in [2.24, 2.45) is 5.73 Å². The summed E-state index contributed by atoms with van der Waals surface area (Å²) in [5, 5.41) is 0. The number of hydrogen-bond donors (Lipinski definition) is 1. The standard InChI is InChI=1S/C13H21FN2O/c1-9-7-13(16(3)5-6-17-4)11(10(2)15)8-12(9)14/h7-8,10H,5-6,15H2,1-4H3. The van der Waals surface area contributed by atoms with E-state index in [4.69, 9.17) is 10.5 Å². The molecule has 0 aromatic heterocycles. The van der Waals surface area contributed by atoms with Gasteiger partial charge in [0.1, 0.15) is 5.82 Å². The lowest BCUT2D eigenvalue weighted by Gasteiger charge is -2.24. The van der Waals surface area contributed by atoms with E-state index in [-0.39, 0.29) is 11.9 Å². The number of methoxy groups -OCH3 is 1. The Hall–Kier alpha value is -1.13. The molecule has 3 nitrogen and oxygen atoms in total. The molecule has 1 aromatic rings. The van der Waals surface area contributed by atoms with Gasteiger partial charge in [0.15, 0.2) is 0 Å². The number of aryl methyl sites for hydroxylation is 1. The summed E-state index contributed by atoms with van der Waals surface area (Å²) >= 11 is 0. The van der Waals surface area contributed by atoms with E-state index in [1.807, 2.05) is 24.9 Å². The smallest absolute Gasteiger partial charge is 0.126 e. The molecule has 4 heteroatoms. The molecule has 0 saturated heterocycles. The lowest BCUT2D eigenvalue weighted by Crippen LogP contribution is -2.25. The topological polar surface area (TPSA) is 38.5 Å². The zero-order chi connectivity index (χ0) is 13.0. The lowest BCUT2D eigenvalue weighted by atomic mass is 10.0. The van der Waals surface area contributed by atoms with Gasteiger partial charge in [0.05, 0.1) is 6.61 Å². The molecule has 96 valence electrons. The number of halogens is 1. The average Bonchev–Trinajstić information content (AvgIpc) is 2.28. The number of likely N-dealkylation sites (N-methyl/N-ethyl adjacent to an activating group) is 1. The average molecular weight is 240 g/mol. The summed E-state index contributed by atoms with van der Waals surface area (Å²) in [7, 11) is 3.62. The summed E-state index contributed by atoms with van der Waals surface area (Å²) in [4.78, 5) is 2.04. The van der Waals surface area contributed by atoms with E-state index in [0.29, 0.717) is 12.2 Å². The second kappa shape index (κ2) is 5.98. The Balaban J connectivity index is 3.07. The van der Waals surface area contributed by atoms with Crippen LogP contribution in [0.4, 0.5) is 10.1 Å². The van der Waals surface area contributed by atoms with E-state index in [1.165, 1.54) is 6.07 Å². The van der Waals surface area contributed by atoms with E-state index in [9.17, 15) is 4.39 Å². The maximum atomic E-state index is 13.5. The van der Waals surface area contributed by atoms with Gasteiger partial charge in [-0.25, -0.2) is 4.39 Å². The Kier molecular flexibility index (Phi) is 4.90. The molecule has 0 aliphatic carbocycles. The third kappa shape index (κ3) is 3.41. The van der Waals surface area contributed by atoms with Crippen LogP contribution >= 0.6 is 0 Å².